The molecule has 1 atom stereocenters. The molecule has 0 saturated carbocycles. The Morgan fingerprint density at radius 2 is 2.30 bits per heavy atom. The van der Waals surface area contributed by atoms with Gasteiger partial charge in [0.05, 0.1) is 6.10 Å². The van der Waals surface area contributed by atoms with Gasteiger partial charge in [-0.25, -0.2) is 9.97 Å². The fourth-order valence-electron chi connectivity index (χ4n) is 1.30. The van der Waals surface area contributed by atoms with Crippen LogP contribution in [0.15, 0.2) is 11.3 Å². The number of aromatic nitrogens is 2. The zero-order valence-corrected chi connectivity index (χ0v) is 12.1. The summed E-state index contributed by atoms with van der Waals surface area (Å²) in [6.07, 6.45) is 1.82. The van der Waals surface area contributed by atoms with Crippen LogP contribution in [0.25, 0.3) is 0 Å². The van der Waals surface area contributed by atoms with Gasteiger partial charge in [0.1, 0.15) is 18.4 Å². The van der Waals surface area contributed by atoms with Gasteiger partial charge in [0.2, 0.25) is 0 Å². The van der Waals surface area contributed by atoms with Crippen LogP contribution in [0.3, 0.4) is 0 Å². The summed E-state index contributed by atoms with van der Waals surface area (Å²) in [5.74, 6) is 0.673. The van der Waals surface area contributed by atoms with Gasteiger partial charge < -0.3 is 25.6 Å². The zero-order chi connectivity index (χ0) is 15.2. The molecule has 5 N–H and O–H groups in total. The molecule has 9 nitrogen and oxygen atoms in total. The SMILES string of the molecule is CC=Nc1c(N)ncnc1NCC(C)OCP(=O)(O)O. The lowest BCUT2D eigenvalue weighted by atomic mass is 10.3. The van der Waals surface area contributed by atoms with E-state index in [0.717, 1.165) is 0 Å². The predicted molar refractivity (Wildman–Crippen MR) is 76.2 cm³/mol. The van der Waals surface area contributed by atoms with Gasteiger partial charge in [-0.3, -0.25) is 9.56 Å². The first kappa shape index (κ1) is 16.5. The van der Waals surface area contributed by atoms with E-state index >= 15 is 0 Å². The molecule has 0 aliphatic heterocycles. The first-order valence-corrected chi connectivity index (χ1v) is 7.62. The molecule has 112 valence electrons. The second kappa shape index (κ2) is 7.30. The van der Waals surface area contributed by atoms with E-state index in [0.29, 0.717) is 18.1 Å². The van der Waals surface area contributed by atoms with Crippen LogP contribution in [0, 0.1) is 0 Å². The minimum atomic E-state index is -4.16. The summed E-state index contributed by atoms with van der Waals surface area (Å²) in [6.45, 7) is 3.71. The molecule has 1 heterocycles. The standard InChI is InChI=1S/C10H18N5O4P/c1-3-12-8-9(11)14-5-15-10(8)13-4-7(2)19-6-20(16,17)18/h3,5,7H,4,6H2,1-2H3,(H2,16,17,18)(H3,11,13,14,15). The number of hydrogen-bond acceptors (Lipinski definition) is 7. The zero-order valence-electron chi connectivity index (χ0n) is 11.2. The third kappa shape index (κ3) is 5.62. The maximum atomic E-state index is 10.7. The molecule has 0 spiro atoms. The average Bonchev–Trinajstić information content (AvgIpc) is 2.36. The topological polar surface area (TPSA) is 143 Å². The van der Waals surface area contributed by atoms with E-state index in [-0.39, 0.29) is 5.82 Å². The summed E-state index contributed by atoms with van der Waals surface area (Å²) in [7, 11) is -4.16. The first-order chi connectivity index (χ1) is 9.33. The van der Waals surface area contributed by atoms with Crippen LogP contribution in [-0.2, 0) is 9.30 Å². The molecule has 1 rings (SSSR count). The molecule has 0 aliphatic rings. The Bertz CT molecular complexity index is 518. The monoisotopic (exact) mass is 303 g/mol. The molecule has 1 aromatic rings. The number of rotatable bonds is 7. The summed E-state index contributed by atoms with van der Waals surface area (Å²) in [5, 5.41) is 2.95. The van der Waals surface area contributed by atoms with Gasteiger partial charge in [-0.2, -0.15) is 0 Å². The largest absolute Gasteiger partial charge is 0.382 e. The molecule has 0 fully saturated rings. The molecule has 10 heteroatoms. The minimum absolute atomic E-state index is 0.240. The lowest BCUT2D eigenvalue weighted by Gasteiger charge is -2.15. The molecule has 0 radical (unpaired) electrons. The number of nitrogens with two attached hydrogens (primary N) is 1. The van der Waals surface area contributed by atoms with Crippen LogP contribution in [-0.4, -0.2) is 45.0 Å². The Morgan fingerprint density at radius 3 is 2.90 bits per heavy atom. The third-order valence-corrected chi connectivity index (χ3v) is 2.68. The number of nitrogens with one attached hydrogen (secondary N) is 1. The maximum absolute atomic E-state index is 10.7. The molecule has 0 bridgehead atoms. The highest BCUT2D eigenvalue weighted by atomic mass is 31.2. The highest BCUT2D eigenvalue weighted by Gasteiger charge is 2.16. The molecular formula is C10H18N5O4P. The Balaban J connectivity index is 2.61. The normalized spacial score (nSPS) is 13.6. The Hall–Kier alpha value is -1.54. The number of nitrogen functional groups attached to an aromatic ring is 1. The van der Waals surface area contributed by atoms with Gasteiger partial charge in [-0.15, -0.1) is 0 Å². The van der Waals surface area contributed by atoms with Gasteiger partial charge in [0.15, 0.2) is 11.6 Å². The van der Waals surface area contributed by atoms with Crippen molar-refractivity contribution in [2.75, 3.05) is 23.9 Å². The second-order valence-corrected chi connectivity index (χ2v) is 5.58. The number of anilines is 2. The number of aliphatic imine (C=N–C) groups is 1. The van der Waals surface area contributed by atoms with Crippen LogP contribution in [0.1, 0.15) is 13.8 Å². The lowest BCUT2D eigenvalue weighted by molar-refractivity contribution is 0.0973. The van der Waals surface area contributed by atoms with Crippen LogP contribution in [0.5, 0.6) is 0 Å². The molecule has 0 aliphatic carbocycles. The van der Waals surface area contributed by atoms with E-state index in [9.17, 15) is 4.57 Å². The van der Waals surface area contributed by atoms with Crippen LogP contribution >= 0.6 is 7.60 Å². The summed E-state index contributed by atoms with van der Waals surface area (Å²) >= 11 is 0. The Labute approximate surface area is 116 Å². The molecule has 0 saturated heterocycles. The fourth-order valence-corrected chi connectivity index (χ4v) is 1.75. The van der Waals surface area contributed by atoms with E-state index in [4.69, 9.17) is 20.3 Å². The summed E-state index contributed by atoms with van der Waals surface area (Å²) in [5.41, 5.74) is 6.10. The van der Waals surface area contributed by atoms with E-state index in [1.165, 1.54) is 6.33 Å². The van der Waals surface area contributed by atoms with Gasteiger partial charge in [-0.1, -0.05) is 0 Å². The molecule has 1 aromatic heterocycles. The molecule has 1 unspecified atom stereocenters. The van der Waals surface area contributed by atoms with Crippen molar-refractivity contribution < 1.29 is 19.1 Å². The van der Waals surface area contributed by atoms with Crippen molar-refractivity contribution in [2.24, 2.45) is 4.99 Å². The summed E-state index contributed by atoms with van der Waals surface area (Å²) < 4.78 is 15.7. The van der Waals surface area contributed by atoms with Gasteiger partial charge in [0.25, 0.3) is 0 Å². The smallest absolute Gasteiger partial charge is 0.350 e. The third-order valence-electron chi connectivity index (χ3n) is 2.19. The fraction of sp³-hybridized carbons (Fsp3) is 0.500. The predicted octanol–water partition coefficient (Wildman–Crippen LogP) is 0.733. The quantitative estimate of drug-likeness (QED) is 0.426. The van der Waals surface area contributed by atoms with E-state index in [2.05, 4.69) is 20.3 Å². The van der Waals surface area contributed by atoms with E-state index in [1.54, 1.807) is 20.1 Å². The average molecular weight is 303 g/mol. The summed E-state index contributed by atoms with van der Waals surface area (Å²) in [4.78, 5) is 29.3. The molecule has 0 aromatic carbocycles. The highest BCUT2D eigenvalue weighted by molar-refractivity contribution is 7.51. The van der Waals surface area contributed by atoms with E-state index < -0.39 is 20.0 Å². The number of hydrogen-bond donors (Lipinski definition) is 4. The first-order valence-electron chi connectivity index (χ1n) is 5.82. The molecule has 0 amide bonds. The van der Waals surface area contributed by atoms with Crippen molar-refractivity contribution in [3.8, 4) is 0 Å². The Kier molecular flexibility index (Phi) is 6.03. The molecule has 20 heavy (non-hydrogen) atoms. The van der Waals surface area contributed by atoms with Crippen molar-refractivity contribution >= 4 is 31.1 Å². The van der Waals surface area contributed by atoms with Crippen molar-refractivity contribution in [3.63, 3.8) is 0 Å². The Morgan fingerprint density at radius 1 is 1.60 bits per heavy atom. The van der Waals surface area contributed by atoms with Crippen LogP contribution in [0.4, 0.5) is 17.3 Å². The number of nitrogens with zero attached hydrogens (tertiary/aromatic N) is 3. The van der Waals surface area contributed by atoms with Crippen molar-refractivity contribution in [3.05, 3.63) is 6.33 Å². The van der Waals surface area contributed by atoms with Crippen molar-refractivity contribution in [2.45, 2.75) is 20.0 Å². The van der Waals surface area contributed by atoms with Crippen molar-refractivity contribution in [1.29, 1.82) is 0 Å². The summed E-state index contributed by atoms with van der Waals surface area (Å²) in [6, 6.07) is 0. The number of ether oxygens (including phenoxy) is 1. The van der Waals surface area contributed by atoms with E-state index in [1.807, 2.05) is 0 Å². The van der Waals surface area contributed by atoms with Gasteiger partial charge in [0, 0.05) is 12.8 Å². The minimum Gasteiger partial charge on any atom is -0.382 e. The van der Waals surface area contributed by atoms with Crippen LogP contribution in [0.2, 0.25) is 0 Å². The second-order valence-electron chi connectivity index (χ2n) is 4.00. The van der Waals surface area contributed by atoms with Gasteiger partial charge >= 0.3 is 7.60 Å². The maximum Gasteiger partial charge on any atom is 0.350 e. The lowest BCUT2D eigenvalue weighted by Crippen LogP contribution is -2.21. The molecular weight excluding hydrogens is 285 g/mol. The van der Waals surface area contributed by atoms with Crippen molar-refractivity contribution in [1.82, 2.24) is 9.97 Å². The van der Waals surface area contributed by atoms with Crippen LogP contribution < -0.4 is 11.1 Å². The van der Waals surface area contributed by atoms with Gasteiger partial charge in [-0.05, 0) is 13.8 Å². The highest BCUT2D eigenvalue weighted by Crippen LogP contribution is 2.34.